The molecule has 0 saturated carbocycles. The van der Waals surface area contributed by atoms with Gasteiger partial charge in [0.05, 0.1) is 20.6 Å². The number of rotatable bonds is 11. The second kappa shape index (κ2) is 14.3. The minimum absolute atomic E-state index is 0.00807. The van der Waals surface area contributed by atoms with Crippen LogP contribution < -0.4 is 9.62 Å². The van der Waals surface area contributed by atoms with Crippen LogP contribution >= 0.6 is 23.2 Å². The van der Waals surface area contributed by atoms with Crippen LogP contribution in [0.4, 0.5) is 5.69 Å². The SMILES string of the molecule is CNC(=O)[C@@H](Cc1ccccc1)N(Cc1ccc(Cl)c(Cl)c1)C(=O)CN(c1cccc(C)c1C)S(=O)(=O)c1ccc(C)cc1. The maximum absolute atomic E-state index is 14.4. The Bertz CT molecular complexity index is 1750. The van der Waals surface area contributed by atoms with E-state index < -0.39 is 28.5 Å². The second-order valence-corrected chi connectivity index (χ2v) is 13.3. The van der Waals surface area contributed by atoms with Crippen LogP contribution in [0.25, 0.3) is 0 Å². The molecule has 0 spiro atoms. The molecule has 0 aliphatic rings. The molecule has 4 aromatic carbocycles. The summed E-state index contributed by atoms with van der Waals surface area (Å²) in [6.07, 6.45) is 0.210. The summed E-state index contributed by atoms with van der Waals surface area (Å²) < 4.78 is 29.5. The van der Waals surface area contributed by atoms with Gasteiger partial charge in [0.15, 0.2) is 0 Å². The molecule has 230 valence electrons. The fourth-order valence-corrected chi connectivity index (χ4v) is 6.70. The van der Waals surface area contributed by atoms with Crippen LogP contribution in [0.2, 0.25) is 10.0 Å². The van der Waals surface area contributed by atoms with Crippen molar-refractivity contribution in [3.05, 3.63) is 129 Å². The Morgan fingerprint density at radius 1 is 0.818 bits per heavy atom. The lowest BCUT2D eigenvalue weighted by Gasteiger charge is -2.34. The molecule has 0 aliphatic carbocycles. The molecule has 1 atom stereocenters. The molecule has 4 aromatic rings. The van der Waals surface area contributed by atoms with Gasteiger partial charge in [-0.1, -0.05) is 89.4 Å². The van der Waals surface area contributed by atoms with E-state index in [2.05, 4.69) is 5.32 Å². The molecule has 0 radical (unpaired) electrons. The quantitative estimate of drug-likeness (QED) is 0.201. The lowest BCUT2D eigenvalue weighted by Crippen LogP contribution is -2.53. The first-order valence-electron chi connectivity index (χ1n) is 14.1. The van der Waals surface area contributed by atoms with Gasteiger partial charge < -0.3 is 10.2 Å². The average Bonchev–Trinajstić information content (AvgIpc) is 3.01. The predicted octanol–water partition coefficient (Wildman–Crippen LogP) is 6.50. The molecule has 0 fully saturated rings. The third-order valence-electron chi connectivity index (χ3n) is 7.59. The minimum Gasteiger partial charge on any atom is -0.357 e. The van der Waals surface area contributed by atoms with Crippen molar-refractivity contribution >= 4 is 50.7 Å². The third kappa shape index (κ3) is 7.62. The van der Waals surface area contributed by atoms with Crippen LogP contribution in [0.1, 0.15) is 27.8 Å². The molecule has 4 rings (SSSR count). The van der Waals surface area contributed by atoms with Gasteiger partial charge in [-0.3, -0.25) is 13.9 Å². The van der Waals surface area contributed by atoms with Crippen LogP contribution in [-0.4, -0.2) is 44.8 Å². The van der Waals surface area contributed by atoms with Gasteiger partial charge in [-0.05, 0) is 73.4 Å². The summed E-state index contributed by atoms with van der Waals surface area (Å²) in [7, 11) is -2.68. The zero-order valence-corrected chi connectivity index (χ0v) is 27.4. The van der Waals surface area contributed by atoms with Gasteiger partial charge in [0, 0.05) is 20.0 Å². The lowest BCUT2D eigenvalue weighted by molar-refractivity contribution is -0.139. The first-order chi connectivity index (χ1) is 20.9. The van der Waals surface area contributed by atoms with Gasteiger partial charge in [-0.2, -0.15) is 0 Å². The Balaban J connectivity index is 1.83. The highest BCUT2D eigenvalue weighted by Crippen LogP contribution is 2.30. The molecule has 0 aliphatic heterocycles. The van der Waals surface area contributed by atoms with Gasteiger partial charge in [-0.25, -0.2) is 8.42 Å². The Labute approximate surface area is 269 Å². The summed E-state index contributed by atoms with van der Waals surface area (Å²) in [6, 6.07) is 25.2. The highest BCUT2D eigenvalue weighted by molar-refractivity contribution is 7.92. The zero-order valence-electron chi connectivity index (χ0n) is 25.1. The number of halogens is 2. The zero-order chi connectivity index (χ0) is 32.0. The Morgan fingerprint density at radius 2 is 1.50 bits per heavy atom. The van der Waals surface area contributed by atoms with Gasteiger partial charge in [-0.15, -0.1) is 0 Å². The number of carbonyl (C=O) groups excluding carboxylic acids is 2. The van der Waals surface area contributed by atoms with E-state index in [1.54, 1.807) is 42.5 Å². The monoisotopic (exact) mass is 651 g/mol. The molecule has 0 aromatic heterocycles. The smallest absolute Gasteiger partial charge is 0.264 e. The number of hydrogen-bond donors (Lipinski definition) is 1. The Morgan fingerprint density at radius 3 is 2.14 bits per heavy atom. The summed E-state index contributed by atoms with van der Waals surface area (Å²) in [5, 5.41) is 3.33. The van der Waals surface area contributed by atoms with E-state index in [4.69, 9.17) is 23.2 Å². The second-order valence-electron chi connectivity index (χ2n) is 10.6. The number of amides is 2. The standard InChI is InChI=1S/C34H35Cl2N3O4S/c1-23-13-16-28(17-14-23)44(42,43)39(31-12-8-9-24(2)25(31)3)22-33(40)38(21-27-15-18-29(35)30(36)19-27)32(34(41)37-4)20-26-10-6-5-7-11-26/h5-19,32H,20-22H2,1-4H3,(H,37,41)/t32-/m1/s1. The maximum Gasteiger partial charge on any atom is 0.264 e. The summed E-state index contributed by atoms with van der Waals surface area (Å²) >= 11 is 12.5. The molecular formula is C34H35Cl2N3O4S. The van der Waals surface area contributed by atoms with Gasteiger partial charge in [0.1, 0.15) is 12.6 Å². The number of aryl methyl sites for hydroxylation is 2. The maximum atomic E-state index is 14.4. The highest BCUT2D eigenvalue weighted by Gasteiger charge is 2.35. The fraction of sp³-hybridized carbons (Fsp3) is 0.235. The van der Waals surface area contributed by atoms with Crippen LogP contribution in [0, 0.1) is 20.8 Å². The first kappa shape index (κ1) is 33.1. The molecule has 2 amide bonds. The summed E-state index contributed by atoms with van der Waals surface area (Å²) in [5.41, 5.74) is 4.35. The number of nitrogens with one attached hydrogen (secondary N) is 1. The summed E-state index contributed by atoms with van der Waals surface area (Å²) in [6.45, 7) is 5.03. The number of nitrogens with zero attached hydrogens (tertiary/aromatic N) is 2. The Hall–Kier alpha value is -3.85. The van der Waals surface area contributed by atoms with Crippen molar-refractivity contribution in [1.29, 1.82) is 0 Å². The van der Waals surface area contributed by atoms with E-state index in [1.807, 2.05) is 57.2 Å². The molecule has 10 heteroatoms. The van der Waals surface area contributed by atoms with Crippen molar-refractivity contribution in [1.82, 2.24) is 10.2 Å². The van der Waals surface area contributed by atoms with Crippen molar-refractivity contribution in [2.45, 2.75) is 44.7 Å². The predicted molar refractivity (Wildman–Crippen MR) is 177 cm³/mol. The van der Waals surface area contributed by atoms with Crippen molar-refractivity contribution in [2.75, 3.05) is 17.9 Å². The number of likely N-dealkylation sites (N-methyl/N-ethyl adjacent to an activating group) is 1. The molecule has 1 N–H and O–H groups in total. The molecule has 7 nitrogen and oxygen atoms in total. The van der Waals surface area contributed by atoms with Gasteiger partial charge in [0.2, 0.25) is 11.8 Å². The number of benzene rings is 4. The summed E-state index contributed by atoms with van der Waals surface area (Å²) in [5.74, 6) is -0.945. The van der Waals surface area contributed by atoms with Crippen molar-refractivity contribution in [3.63, 3.8) is 0 Å². The average molecular weight is 653 g/mol. The minimum atomic E-state index is -4.19. The summed E-state index contributed by atoms with van der Waals surface area (Å²) in [4.78, 5) is 29.3. The van der Waals surface area contributed by atoms with E-state index in [9.17, 15) is 18.0 Å². The highest BCUT2D eigenvalue weighted by atomic mass is 35.5. The number of anilines is 1. The van der Waals surface area contributed by atoms with Crippen molar-refractivity contribution < 1.29 is 18.0 Å². The molecule has 0 unspecified atom stereocenters. The number of sulfonamides is 1. The molecule has 0 saturated heterocycles. The van der Waals surface area contributed by atoms with Crippen molar-refractivity contribution in [3.8, 4) is 0 Å². The number of carbonyl (C=O) groups is 2. The van der Waals surface area contributed by atoms with Crippen LogP contribution in [0.5, 0.6) is 0 Å². The van der Waals surface area contributed by atoms with Crippen LogP contribution in [0.15, 0.2) is 95.9 Å². The Kier molecular flexibility index (Phi) is 10.7. The molecular weight excluding hydrogens is 617 g/mol. The van der Waals surface area contributed by atoms with E-state index in [-0.39, 0.29) is 23.8 Å². The fourth-order valence-electron chi connectivity index (χ4n) is 4.91. The largest absolute Gasteiger partial charge is 0.357 e. The normalized spacial score (nSPS) is 12.0. The third-order valence-corrected chi connectivity index (χ3v) is 10.1. The molecule has 0 bridgehead atoms. The van der Waals surface area contributed by atoms with E-state index in [0.717, 1.165) is 26.6 Å². The van der Waals surface area contributed by atoms with E-state index in [0.29, 0.717) is 21.3 Å². The van der Waals surface area contributed by atoms with Crippen LogP contribution in [0.3, 0.4) is 0 Å². The van der Waals surface area contributed by atoms with E-state index in [1.165, 1.54) is 24.1 Å². The first-order valence-corrected chi connectivity index (χ1v) is 16.3. The molecule has 0 heterocycles. The topological polar surface area (TPSA) is 86.8 Å². The lowest BCUT2D eigenvalue weighted by atomic mass is 10.0. The van der Waals surface area contributed by atoms with Crippen molar-refractivity contribution in [2.24, 2.45) is 0 Å². The van der Waals surface area contributed by atoms with E-state index >= 15 is 0 Å². The van der Waals surface area contributed by atoms with Crippen LogP contribution in [-0.2, 0) is 32.6 Å². The molecule has 44 heavy (non-hydrogen) atoms. The van der Waals surface area contributed by atoms with Gasteiger partial charge >= 0.3 is 0 Å². The van der Waals surface area contributed by atoms with Gasteiger partial charge in [0.25, 0.3) is 10.0 Å². The number of hydrogen-bond acceptors (Lipinski definition) is 4.